The molecule has 3 N–H and O–H groups in total. The molecule has 5 rings (SSSR count). The van der Waals surface area contributed by atoms with E-state index in [4.69, 9.17) is 16.3 Å². The van der Waals surface area contributed by atoms with E-state index in [1.807, 2.05) is 30.3 Å². The number of fused-ring (bicyclic) bond motifs is 1. The van der Waals surface area contributed by atoms with Crippen molar-refractivity contribution in [3.63, 3.8) is 0 Å². The minimum absolute atomic E-state index is 0.0242. The first kappa shape index (κ1) is 20.4. The molecule has 0 saturated carbocycles. The molecular formula is C22H20ClN3O4S. The number of esters is 1. The molecule has 0 bridgehead atoms. The van der Waals surface area contributed by atoms with Crippen LogP contribution in [0.1, 0.15) is 16.1 Å². The SMILES string of the molecule is O=C(N[C@@]1(N2CCSC2)OC(=O)[C@@]1(O)Cc1ccccc1)c1cc2cc(Cl)ccc2[nH]1. The first-order chi connectivity index (χ1) is 14.9. The number of amides is 1. The second-order valence-corrected chi connectivity index (χ2v) is 9.24. The number of carbonyl (C=O) groups is 2. The van der Waals surface area contributed by atoms with Crippen LogP contribution in [0.3, 0.4) is 0 Å². The number of rotatable bonds is 5. The van der Waals surface area contributed by atoms with Crippen LogP contribution in [0, 0.1) is 0 Å². The fourth-order valence-electron chi connectivity index (χ4n) is 4.12. The van der Waals surface area contributed by atoms with E-state index in [-0.39, 0.29) is 12.1 Å². The van der Waals surface area contributed by atoms with Crippen LogP contribution in [0.2, 0.25) is 5.02 Å². The van der Waals surface area contributed by atoms with E-state index in [0.717, 1.165) is 22.2 Å². The molecule has 0 radical (unpaired) electrons. The van der Waals surface area contributed by atoms with E-state index in [1.165, 1.54) is 0 Å². The van der Waals surface area contributed by atoms with Gasteiger partial charge in [0.15, 0.2) is 0 Å². The van der Waals surface area contributed by atoms with E-state index >= 15 is 0 Å². The molecular weight excluding hydrogens is 438 g/mol. The molecule has 2 aliphatic heterocycles. The van der Waals surface area contributed by atoms with Crippen molar-refractivity contribution in [1.82, 2.24) is 15.2 Å². The number of carbonyl (C=O) groups excluding carboxylic acids is 2. The normalized spacial score (nSPS) is 25.9. The number of hydrogen-bond donors (Lipinski definition) is 3. The van der Waals surface area contributed by atoms with Crippen LogP contribution >= 0.6 is 23.4 Å². The first-order valence-electron chi connectivity index (χ1n) is 9.85. The third-order valence-corrected chi connectivity index (χ3v) is 6.95. The van der Waals surface area contributed by atoms with Gasteiger partial charge in [0, 0.05) is 34.6 Å². The van der Waals surface area contributed by atoms with Crippen LogP contribution in [0.4, 0.5) is 0 Å². The summed E-state index contributed by atoms with van der Waals surface area (Å²) in [5.41, 5.74) is -0.101. The van der Waals surface area contributed by atoms with Crippen molar-refractivity contribution < 1.29 is 19.4 Å². The Labute approximate surface area is 187 Å². The van der Waals surface area contributed by atoms with Crippen LogP contribution in [0.15, 0.2) is 54.6 Å². The van der Waals surface area contributed by atoms with Gasteiger partial charge in [0.25, 0.3) is 11.8 Å². The highest BCUT2D eigenvalue weighted by molar-refractivity contribution is 7.99. The monoisotopic (exact) mass is 457 g/mol. The quantitative estimate of drug-likeness (QED) is 0.510. The summed E-state index contributed by atoms with van der Waals surface area (Å²) in [5.74, 6) is -1.55. The molecule has 160 valence electrons. The standard InChI is InChI=1S/C22H20ClN3O4S/c23-16-6-7-17-15(10-16)11-18(24-17)19(27)25-22(26-8-9-31-13-26)21(29,20(28)30-22)12-14-4-2-1-3-5-14/h1-7,10-11,24,29H,8-9,12-13H2,(H,25,27)/t21-,22-/m0/s1. The number of nitrogens with one attached hydrogen (secondary N) is 2. The second-order valence-electron chi connectivity index (χ2n) is 7.73. The minimum Gasteiger partial charge on any atom is -0.418 e. The molecule has 0 aliphatic carbocycles. The number of nitrogens with zero attached hydrogens (tertiary/aromatic N) is 1. The third kappa shape index (κ3) is 3.30. The first-order valence-corrected chi connectivity index (χ1v) is 11.4. The van der Waals surface area contributed by atoms with Crippen LogP contribution in [-0.2, 0) is 16.0 Å². The smallest absolute Gasteiger partial charge is 0.349 e. The topological polar surface area (TPSA) is 94.7 Å². The molecule has 2 aliphatic rings. The van der Waals surface area contributed by atoms with Crippen molar-refractivity contribution in [2.75, 3.05) is 18.2 Å². The number of aliphatic hydroxyl groups is 1. The summed E-state index contributed by atoms with van der Waals surface area (Å²) in [4.78, 5) is 30.6. The fraction of sp³-hybridized carbons (Fsp3) is 0.273. The van der Waals surface area contributed by atoms with Gasteiger partial charge in [0.05, 0.1) is 5.88 Å². The van der Waals surface area contributed by atoms with Crippen LogP contribution in [0.5, 0.6) is 0 Å². The number of aromatic nitrogens is 1. The largest absolute Gasteiger partial charge is 0.418 e. The summed E-state index contributed by atoms with van der Waals surface area (Å²) in [6, 6.07) is 16.2. The Bertz CT molecular complexity index is 1160. The number of thioether (sulfide) groups is 1. The molecule has 0 unspecified atom stereocenters. The van der Waals surface area contributed by atoms with Crippen molar-refractivity contribution in [1.29, 1.82) is 0 Å². The predicted molar refractivity (Wildman–Crippen MR) is 119 cm³/mol. The number of H-pyrrole nitrogens is 1. The van der Waals surface area contributed by atoms with Gasteiger partial charge in [0.1, 0.15) is 5.69 Å². The average molecular weight is 458 g/mol. The van der Waals surface area contributed by atoms with Gasteiger partial charge < -0.3 is 14.8 Å². The summed E-state index contributed by atoms with van der Waals surface area (Å²) in [6.07, 6.45) is 0.0242. The number of hydrogen-bond acceptors (Lipinski definition) is 6. The molecule has 2 atom stereocenters. The number of aromatic amines is 1. The molecule has 2 aromatic carbocycles. The van der Waals surface area contributed by atoms with Gasteiger partial charge in [-0.15, -0.1) is 11.8 Å². The predicted octanol–water partition coefficient (Wildman–Crippen LogP) is 2.74. The molecule has 1 aromatic heterocycles. The lowest BCUT2D eigenvalue weighted by Crippen LogP contribution is -2.85. The molecule has 3 aromatic rings. The zero-order valence-electron chi connectivity index (χ0n) is 16.4. The van der Waals surface area contributed by atoms with Crippen molar-refractivity contribution in [2.45, 2.75) is 17.9 Å². The van der Waals surface area contributed by atoms with Gasteiger partial charge in [-0.3, -0.25) is 10.1 Å². The molecule has 1 amide bonds. The average Bonchev–Trinajstić information content (AvgIpc) is 3.43. The van der Waals surface area contributed by atoms with E-state index in [0.29, 0.717) is 17.4 Å². The molecule has 9 heteroatoms. The minimum atomic E-state index is -1.91. The van der Waals surface area contributed by atoms with Gasteiger partial charge in [0.2, 0.25) is 5.60 Å². The van der Waals surface area contributed by atoms with Crippen molar-refractivity contribution >= 4 is 46.1 Å². The van der Waals surface area contributed by atoms with Crippen LogP contribution in [-0.4, -0.2) is 56.5 Å². The third-order valence-electron chi connectivity index (χ3n) is 5.75. The van der Waals surface area contributed by atoms with Crippen LogP contribution < -0.4 is 5.32 Å². The maximum Gasteiger partial charge on any atom is 0.349 e. The van der Waals surface area contributed by atoms with E-state index < -0.39 is 23.3 Å². The molecule has 3 heterocycles. The molecule has 31 heavy (non-hydrogen) atoms. The maximum atomic E-state index is 13.2. The summed E-state index contributed by atoms with van der Waals surface area (Å²) < 4.78 is 5.54. The Hall–Kier alpha value is -2.52. The lowest BCUT2D eigenvalue weighted by atomic mass is 9.83. The second kappa shape index (κ2) is 7.56. The molecule has 2 fully saturated rings. The highest BCUT2D eigenvalue weighted by Crippen LogP contribution is 2.44. The van der Waals surface area contributed by atoms with Crippen molar-refractivity contribution in [3.8, 4) is 0 Å². The Morgan fingerprint density at radius 3 is 2.77 bits per heavy atom. The van der Waals surface area contributed by atoms with Gasteiger partial charge >= 0.3 is 5.97 Å². The zero-order chi connectivity index (χ0) is 21.6. The van der Waals surface area contributed by atoms with E-state index in [9.17, 15) is 14.7 Å². The summed E-state index contributed by atoms with van der Waals surface area (Å²) >= 11 is 7.69. The Morgan fingerprint density at radius 1 is 1.26 bits per heavy atom. The summed E-state index contributed by atoms with van der Waals surface area (Å²) in [5, 5.41) is 15.7. The van der Waals surface area contributed by atoms with E-state index in [2.05, 4.69) is 10.3 Å². The molecule has 2 saturated heterocycles. The van der Waals surface area contributed by atoms with Gasteiger partial charge in [-0.25, -0.2) is 9.69 Å². The number of benzene rings is 2. The Kier molecular flexibility index (Phi) is 4.97. The number of ether oxygens (including phenoxy) is 1. The Balaban J connectivity index is 1.49. The molecule has 7 nitrogen and oxygen atoms in total. The van der Waals surface area contributed by atoms with Gasteiger partial charge in [-0.2, -0.15) is 0 Å². The fourth-order valence-corrected chi connectivity index (χ4v) is 5.31. The number of cyclic esters (lactones) is 1. The maximum absolute atomic E-state index is 13.2. The van der Waals surface area contributed by atoms with Gasteiger partial charge in [-0.05, 0) is 29.8 Å². The number of halogens is 1. The van der Waals surface area contributed by atoms with Crippen LogP contribution in [0.25, 0.3) is 10.9 Å². The zero-order valence-corrected chi connectivity index (χ0v) is 18.0. The van der Waals surface area contributed by atoms with Crippen molar-refractivity contribution in [3.05, 3.63) is 70.9 Å². The highest BCUT2D eigenvalue weighted by atomic mass is 35.5. The van der Waals surface area contributed by atoms with Crippen molar-refractivity contribution in [2.24, 2.45) is 0 Å². The molecule has 0 spiro atoms. The highest BCUT2D eigenvalue weighted by Gasteiger charge is 2.73. The summed E-state index contributed by atoms with van der Waals surface area (Å²) in [7, 11) is 0. The Morgan fingerprint density at radius 2 is 2.06 bits per heavy atom. The lowest BCUT2D eigenvalue weighted by molar-refractivity contribution is -0.319. The lowest BCUT2D eigenvalue weighted by Gasteiger charge is -2.56. The van der Waals surface area contributed by atoms with Gasteiger partial charge in [-0.1, -0.05) is 41.9 Å². The van der Waals surface area contributed by atoms with E-state index in [1.54, 1.807) is 40.9 Å². The summed E-state index contributed by atoms with van der Waals surface area (Å²) in [6.45, 7) is 0.567.